The summed E-state index contributed by atoms with van der Waals surface area (Å²) in [5.41, 5.74) is 0. The molecule has 0 atom stereocenters. The zero-order chi connectivity index (χ0) is 11.8. The third kappa shape index (κ3) is 2.15. The zero-order valence-electron chi connectivity index (χ0n) is 8.27. The molecule has 0 aromatic heterocycles. The van der Waals surface area contributed by atoms with Gasteiger partial charge in [-0.3, -0.25) is 9.59 Å². The minimum atomic E-state index is -0.947. The van der Waals surface area contributed by atoms with Gasteiger partial charge >= 0.3 is 5.97 Å². The second-order valence-electron chi connectivity index (χ2n) is 3.75. The lowest BCUT2D eigenvalue weighted by molar-refractivity contribution is -0.147. The molecule has 0 radical (unpaired) electrons. The lowest BCUT2D eigenvalue weighted by atomic mass is 9.83. The topological polar surface area (TPSA) is 54.4 Å². The van der Waals surface area contributed by atoms with Gasteiger partial charge in [0.1, 0.15) is 10.5 Å². The smallest absolute Gasteiger partial charge is 0.321 e. The number of benzene rings is 1. The van der Waals surface area contributed by atoms with Crippen LogP contribution in [0.3, 0.4) is 0 Å². The highest BCUT2D eigenvalue weighted by Gasteiger charge is 2.51. The molecule has 1 aliphatic rings. The number of carboxylic acid groups (broad SMARTS) is 1. The number of carbonyl (C=O) groups is 2. The van der Waals surface area contributed by atoms with Gasteiger partial charge in [-0.15, -0.1) is 11.8 Å². The van der Waals surface area contributed by atoms with Gasteiger partial charge in [0.15, 0.2) is 0 Å². The maximum atomic E-state index is 11.2. The third-order valence-electron chi connectivity index (χ3n) is 2.46. The highest BCUT2D eigenvalue weighted by molar-refractivity contribution is 9.10. The van der Waals surface area contributed by atoms with Crippen LogP contribution in [0.1, 0.15) is 12.8 Å². The van der Waals surface area contributed by atoms with E-state index in [2.05, 4.69) is 15.9 Å². The molecule has 16 heavy (non-hydrogen) atoms. The number of carboxylic acids is 1. The van der Waals surface area contributed by atoms with Crippen LogP contribution >= 0.6 is 27.7 Å². The van der Waals surface area contributed by atoms with Crippen molar-refractivity contribution < 1.29 is 14.7 Å². The fourth-order valence-corrected chi connectivity index (χ4v) is 3.50. The quantitative estimate of drug-likeness (QED) is 0.932. The van der Waals surface area contributed by atoms with E-state index in [0.29, 0.717) is 0 Å². The lowest BCUT2D eigenvalue weighted by Crippen LogP contribution is -2.48. The van der Waals surface area contributed by atoms with Gasteiger partial charge in [0, 0.05) is 22.2 Å². The highest BCUT2D eigenvalue weighted by Crippen LogP contribution is 2.46. The van der Waals surface area contributed by atoms with Gasteiger partial charge in [0.25, 0.3) is 0 Å². The molecule has 0 unspecified atom stereocenters. The Labute approximate surface area is 105 Å². The van der Waals surface area contributed by atoms with E-state index in [1.807, 2.05) is 24.3 Å². The number of Topliss-reactive ketones (excluding diaryl/α,β-unsaturated/α-hetero) is 1. The molecule has 0 saturated heterocycles. The number of hydrogen-bond acceptors (Lipinski definition) is 3. The molecule has 84 valence electrons. The summed E-state index contributed by atoms with van der Waals surface area (Å²) in [5, 5.41) is 9.15. The van der Waals surface area contributed by atoms with Crippen LogP contribution in [0.25, 0.3) is 0 Å². The molecule has 1 saturated carbocycles. The highest BCUT2D eigenvalue weighted by atomic mass is 79.9. The number of hydrogen-bond donors (Lipinski definition) is 1. The molecule has 0 heterocycles. The molecule has 1 N–H and O–H groups in total. The number of halogens is 1. The second kappa shape index (κ2) is 4.22. The van der Waals surface area contributed by atoms with Crippen molar-refractivity contribution in [3.8, 4) is 0 Å². The minimum absolute atomic E-state index is 0.0184. The number of thioether (sulfide) groups is 1. The predicted molar refractivity (Wildman–Crippen MR) is 64.6 cm³/mol. The molecule has 5 heteroatoms. The molecule has 0 amide bonds. The monoisotopic (exact) mass is 300 g/mol. The van der Waals surface area contributed by atoms with Crippen LogP contribution in [-0.2, 0) is 9.59 Å². The molecule has 1 fully saturated rings. The normalized spacial score (nSPS) is 17.9. The van der Waals surface area contributed by atoms with Crippen LogP contribution in [0, 0.1) is 0 Å². The Kier molecular flexibility index (Phi) is 3.08. The van der Waals surface area contributed by atoms with Crippen LogP contribution < -0.4 is 0 Å². The van der Waals surface area contributed by atoms with Crippen molar-refractivity contribution in [3.63, 3.8) is 0 Å². The summed E-state index contributed by atoms with van der Waals surface area (Å²) in [6.45, 7) is 0. The first-order valence-electron chi connectivity index (χ1n) is 4.71. The fraction of sp³-hybridized carbons (Fsp3) is 0.273. The first kappa shape index (κ1) is 11.7. The van der Waals surface area contributed by atoms with E-state index in [1.54, 1.807) is 0 Å². The predicted octanol–water partition coefficient (Wildman–Crippen LogP) is 2.73. The Hall–Kier alpha value is -0.810. The van der Waals surface area contributed by atoms with Crippen LogP contribution in [0.15, 0.2) is 33.6 Å². The molecule has 0 bridgehead atoms. The number of carbonyl (C=O) groups excluding carboxylic acids is 1. The molecular formula is C11H9BrO3S. The molecular weight excluding hydrogens is 292 g/mol. The van der Waals surface area contributed by atoms with Crippen LogP contribution in [0.5, 0.6) is 0 Å². The van der Waals surface area contributed by atoms with Gasteiger partial charge in [-0.05, 0) is 18.2 Å². The average molecular weight is 301 g/mol. The summed E-state index contributed by atoms with van der Waals surface area (Å²) >= 11 is 4.58. The molecule has 0 spiro atoms. The average Bonchev–Trinajstić information content (AvgIpc) is 2.14. The Balaban J connectivity index is 2.19. The molecule has 1 aromatic rings. The molecule has 0 aliphatic heterocycles. The maximum Gasteiger partial charge on any atom is 0.321 e. The van der Waals surface area contributed by atoms with Gasteiger partial charge in [-0.2, -0.15) is 0 Å². The Morgan fingerprint density at radius 1 is 1.44 bits per heavy atom. The minimum Gasteiger partial charge on any atom is -0.480 e. The maximum absolute atomic E-state index is 11.2. The van der Waals surface area contributed by atoms with E-state index >= 15 is 0 Å². The first-order valence-corrected chi connectivity index (χ1v) is 6.32. The Bertz CT molecular complexity index is 450. The van der Waals surface area contributed by atoms with E-state index in [4.69, 9.17) is 5.11 Å². The lowest BCUT2D eigenvalue weighted by Gasteiger charge is -2.35. The van der Waals surface area contributed by atoms with Gasteiger partial charge < -0.3 is 5.11 Å². The fourth-order valence-electron chi connectivity index (χ4n) is 1.61. The van der Waals surface area contributed by atoms with E-state index in [0.717, 1.165) is 9.37 Å². The number of rotatable bonds is 3. The summed E-state index contributed by atoms with van der Waals surface area (Å²) in [6, 6.07) is 7.44. The number of ketones is 1. The molecule has 1 aromatic carbocycles. The first-order chi connectivity index (χ1) is 7.52. The summed E-state index contributed by atoms with van der Waals surface area (Å²) in [5.74, 6) is -0.887. The van der Waals surface area contributed by atoms with Crippen molar-refractivity contribution in [2.24, 2.45) is 0 Å². The zero-order valence-corrected chi connectivity index (χ0v) is 10.7. The van der Waals surface area contributed by atoms with Crippen LogP contribution in [0.2, 0.25) is 0 Å². The van der Waals surface area contributed by atoms with Crippen molar-refractivity contribution in [1.82, 2.24) is 0 Å². The van der Waals surface area contributed by atoms with Crippen LogP contribution in [-0.4, -0.2) is 21.6 Å². The Morgan fingerprint density at radius 2 is 2.12 bits per heavy atom. The largest absolute Gasteiger partial charge is 0.480 e. The second-order valence-corrected chi connectivity index (χ2v) is 6.12. The standard InChI is InChI=1S/C11H9BrO3S/c12-7-2-1-3-9(4-7)16-11(10(14)15)5-8(13)6-11/h1-4H,5-6H2,(H,14,15). The summed E-state index contributed by atoms with van der Waals surface area (Å²) in [7, 11) is 0. The van der Waals surface area contributed by atoms with Crippen molar-refractivity contribution in [3.05, 3.63) is 28.7 Å². The van der Waals surface area contributed by atoms with Crippen LogP contribution in [0.4, 0.5) is 0 Å². The molecule has 1 aliphatic carbocycles. The van der Waals surface area contributed by atoms with E-state index in [1.165, 1.54) is 11.8 Å². The van der Waals surface area contributed by atoms with E-state index < -0.39 is 10.7 Å². The summed E-state index contributed by atoms with van der Waals surface area (Å²) < 4.78 is -0.0404. The molecule has 2 rings (SSSR count). The van der Waals surface area contributed by atoms with Gasteiger partial charge in [-0.1, -0.05) is 22.0 Å². The van der Waals surface area contributed by atoms with Crippen molar-refractivity contribution in [2.45, 2.75) is 22.5 Å². The summed E-state index contributed by atoms with van der Waals surface area (Å²) in [4.78, 5) is 23.0. The summed E-state index contributed by atoms with van der Waals surface area (Å²) in [6.07, 6.45) is 0.249. The van der Waals surface area contributed by atoms with Crippen molar-refractivity contribution >= 4 is 39.4 Å². The van der Waals surface area contributed by atoms with Crippen molar-refractivity contribution in [2.75, 3.05) is 0 Å². The SMILES string of the molecule is O=C1CC(Sc2cccc(Br)c2)(C(=O)O)C1. The Morgan fingerprint density at radius 3 is 2.62 bits per heavy atom. The van der Waals surface area contributed by atoms with Gasteiger partial charge in [0.2, 0.25) is 0 Å². The molecule has 3 nitrogen and oxygen atoms in total. The van der Waals surface area contributed by atoms with E-state index in [9.17, 15) is 9.59 Å². The number of aliphatic carboxylic acids is 1. The van der Waals surface area contributed by atoms with Crippen molar-refractivity contribution in [1.29, 1.82) is 0 Å². The third-order valence-corrected chi connectivity index (χ3v) is 4.30. The van der Waals surface area contributed by atoms with Gasteiger partial charge in [-0.25, -0.2) is 0 Å². The van der Waals surface area contributed by atoms with E-state index in [-0.39, 0.29) is 18.6 Å². The van der Waals surface area contributed by atoms with Gasteiger partial charge in [0.05, 0.1) is 0 Å².